The molecule has 0 aromatic rings. The third-order valence-corrected chi connectivity index (χ3v) is 1.85. The molecule has 0 aliphatic heterocycles. The van der Waals surface area contributed by atoms with Gasteiger partial charge in [-0.15, -0.1) is 6.58 Å². The first-order valence-corrected chi connectivity index (χ1v) is 6.32. The normalized spacial score (nSPS) is 10.4. The van der Waals surface area contributed by atoms with E-state index in [0.717, 1.165) is 32.5 Å². The van der Waals surface area contributed by atoms with Crippen LogP contribution in [0.4, 0.5) is 0 Å². The van der Waals surface area contributed by atoms with Crippen LogP contribution in [-0.4, -0.2) is 31.2 Å². The van der Waals surface area contributed by atoms with E-state index in [2.05, 4.69) is 6.58 Å². The number of aliphatic hydroxyl groups excluding tert-OH is 1. The Labute approximate surface area is 106 Å². The first kappa shape index (κ1) is 18.7. The van der Waals surface area contributed by atoms with Crippen molar-refractivity contribution in [2.75, 3.05) is 19.8 Å². The van der Waals surface area contributed by atoms with Gasteiger partial charge in [0, 0.05) is 13.2 Å². The lowest BCUT2D eigenvalue weighted by molar-refractivity contribution is -0.123. The molecule has 0 unspecified atom stereocenters. The van der Waals surface area contributed by atoms with Crippen LogP contribution in [0.2, 0.25) is 0 Å². The molecule has 102 valence electrons. The van der Waals surface area contributed by atoms with Gasteiger partial charge in [-0.05, 0) is 40.0 Å². The van der Waals surface area contributed by atoms with Crippen molar-refractivity contribution in [3.05, 3.63) is 24.8 Å². The zero-order valence-electron chi connectivity index (χ0n) is 11.5. The van der Waals surface area contributed by atoms with Crippen molar-refractivity contribution in [3.8, 4) is 0 Å². The van der Waals surface area contributed by atoms with Crippen molar-refractivity contribution >= 4 is 0 Å². The lowest BCUT2D eigenvalue weighted by Crippen LogP contribution is -2.11. The summed E-state index contributed by atoms with van der Waals surface area (Å²) in [6.07, 6.45) is 8.88. The van der Waals surface area contributed by atoms with Crippen LogP contribution in [0.3, 0.4) is 0 Å². The number of aliphatic hydroxyl groups is 1. The van der Waals surface area contributed by atoms with Gasteiger partial charge in [0.2, 0.25) is 0 Å². The highest BCUT2D eigenvalue weighted by molar-refractivity contribution is 4.81. The maximum Gasteiger partial charge on any atom is 0.154 e. The molecule has 17 heavy (non-hydrogen) atoms. The predicted octanol–water partition coefficient (Wildman–Crippen LogP) is 3.30. The molecule has 0 amide bonds. The van der Waals surface area contributed by atoms with Gasteiger partial charge in [-0.2, -0.15) is 0 Å². The van der Waals surface area contributed by atoms with Crippen molar-refractivity contribution in [1.29, 1.82) is 0 Å². The lowest BCUT2D eigenvalue weighted by atomic mass is 10.2. The molecule has 0 aromatic heterocycles. The second-order valence-electron chi connectivity index (χ2n) is 3.35. The summed E-state index contributed by atoms with van der Waals surface area (Å²) in [6, 6.07) is 0. The molecule has 0 atom stereocenters. The van der Waals surface area contributed by atoms with Crippen LogP contribution >= 0.6 is 0 Å². The second-order valence-corrected chi connectivity index (χ2v) is 3.35. The number of rotatable bonds is 9. The Balaban J connectivity index is 0. The summed E-state index contributed by atoms with van der Waals surface area (Å²) in [4.78, 5) is 0. The minimum Gasteiger partial charge on any atom is -0.392 e. The average molecular weight is 244 g/mol. The minimum atomic E-state index is -0.0370. The molecule has 0 fully saturated rings. The van der Waals surface area contributed by atoms with Crippen molar-refractivity contribution in [3.63, 3.8) is 0 Å². The van der Waals surface area contributed by atoms with Gasteiger partial charge in [-0.3, -0.25) is 0 Å². The fraction of sp³-hybridized carbons (Fsp3) is 0.714. The van der Waals surface area contributed by atoms with Gasteiger partial charge in [0.05, 0.1) is 6.61 Å². The molecule has 0 saturated carbocycles. The maximum absolute atomic E-state index is 8.32. The summed E-state index contributed by atoms with van der Waals surface area (Å²) >= 11 is 0. The molecule has 3 nitrogen and oxygen atoms in total. The van der Waals surface area contributed by atoms with Crippen molar-refractivity contribution in [2.24, 2.45) is 0 Å². The van der Waals surface area contributed by atoms with Crippen molar-refractivity contribution in [2.45, 2.75) is 46.3 Å². The highest BCUT2D eigenvalue weighted by Crippen LogP contribution is 1.95. The van der Waals surface area contributed by atoms with E-state index < -0.39 is 0 Å². The highest BCUT2D eigenvalue weighted by atomic mass is 16.7. The van der Waals surface area contributed by atoms with E-state index in [9.17, 15) is 0 Å². The third-order valence-electron chi connectivity index (χ3n) is 1.85. The van der Waals surface area contributed by atoms with E-state index in [1.165, 1.54) is 0 Å². The van der Waals surface area contributed by atoms with Gasteiger partial charge in [-0.1, -0.05) is 18.2 Å². The fourth-order valence-electron chi connectivity index (χ4n) is 1.09. The molecule has 0 spiro atoms. The Morgan fingerprint density at radius 2 is 1.71 bits per heavy atom. The van der Waals surface area contributed by atoms with E-state index in [4.69, 9.17) is 14.6 Å². The first-order valence-electron chi connectivity index (χ1n) is 6.32. The maximum atomic E-state index is 8.32. The standard InChI is InChI=1S/C8H14O.C6H14O2/c1-2-3-4-5-6-7-8-9;1-4-7-6(3)8-5-2/h2,6-7,9H,1,3-5,8H2;6H,4-5H2,1-3H3/b7-6+;. The molecular formula is C14H28O3. The quantitative estimate of drug-likeness (QED) is 0.384. The molecule has 0 aromatic carbocycles. The largest absolute Gasteiger partial charge is 0.392 e. The van der Waals surface area contributed by atoms with Crippen LogP contribution in [0.5, 0.6) is 0 Å². The number of hydrogen-bond donors (Lipinski definition) is 1. The summed E-state index contributed by atoms with van der Waals surface area (Å²) < 4.78 is 10.1. The van der Waals surface area contributed by atoms with E-state index in [1.54, 1.807) is 6.08 Å². The Morgan fingerprint density at radius 1 is 1.12 bits per heavy atom. The second kappa shape index (κ2) is 17.7. The van der Waals surface area contributed by atoms with Crippen LogP contribution in [0, 0.1) is 0 Å². The van der Waals surface area contributed by atoms with Crippen LogP contribution in [0.1, 0.15) is 40.0 Å². The Morgan fingerprint density at radius 3 is 2.12 bits per heavy atom. The monoisotopic (exact) mass is 244 g/mol. The van der Waals surface area contributed by atoms with Crippen molar-refractivity contribution < 1.29 is 14.6 Å². The van der Waals surface area contributed by atoms with Crippen LogP contribution < -0.4 is 0 Å². The number of unbranched alkanes of at least 4 members (excludes halogenated alkanes) is 2. The van der Waals surface area contributed by atoms with E-state index in [1.807, 2.05) is 32.9 Å². The van der Waals surface area contributed by atoms with Crippen molar-refractivity contribution in [1.82, 2.24) is 0 Å². The third kappa shape index (κ3) is 21.2. The Bertz CT molecular complexity index is 161. The summed E-state index contributed by atoms with van der Waals surface area (Å²) in [5.41, 5.74) is 0. The molecule has 0 aliphatic rings. The zero-order chi connectivity index (χ0) is 13.4. The molecule has 3 heteroatoms. The molecular weight excluding hydrogens is 216 g/mol. The zero-order valence-corrected chi connectivity index (χ0v) is 11.5. The average Bonchev–Trinajstić information content (AvgIpc) is 2.31. The van der Waals surface area contributed by atoms with Crippen LogP contribution in [0.15, 0.2) is 24.8 Å². The molecule has 0 heterocycles. The van der Waals surface area contributed by atoms with Crippen LogP contribution in [0.25, 0.3) is 0 Å². The summed E-state index contributed by atoms with van der Waals surface area (Å²) in [5, 5.41) is 8.32. The van der Waals surface area contributed by atoms with Gasteiger partial charge in [-0.25, -0.2) is 0 Å². The molecule has 0 aliphatic carbocycles. The van der Waals surface area contributed by atoms with Gasteiger partial charge in [0.1, 0.15) is 0 Å². The molecule has 0 bridgehead atoms. The van der Waals surface area contributed by atoms with Gasteiger partial charge >= 0.3 is 0 Å². The summed E-state index contributed by atoms with van der Waals surface area (Å²) in [7, 11) is 0. The fourth-order valence-corrected chi connectivity index (χ4v) is 1.09. The topological polar surface area (TPSA) is 38.7 Å². The summed E-state index contributed by atoms with van der Waals surface area (Å²) in [5.74, 6) is 0. The lowest BCUT2D eigenvalue weighted by Gasteiger charge is -2.09. The first-order chi connectivity index (χ1) is 8.22. The number of ether oxygens (including phenoxy) is 2. The highest BCUT2D eigenvalue weighted by Gasteiger charge is 1.94. The summed E-state index contributed by atoms with van der Waals surface area (Å²) in [6.45, 7) is 11.0. The van der Waals surface area contributed by atoms with Crippen LogP contribution in [-0.2, 0) is 9.47 Å². The predicted molar refractivity (Wildman–Crippen MR) is 73.0 cm³/mol. The van der Waals surface area contributed by atoms with Gasteiger partial charge < -0.3 is 14.6 Å². The molecule has 1 N–H and O–H groups in total. The Hall–Kier alpha value is -0.640. The molecule has 0 radical (unpaired) electrons. The molecule has 0 saturated heterocycles. The number of hydrogen-bond acceptors (Lipinski definition) is 3. The van der Waals surface area contributed by atoms with E-state index >= 15 is 0 Å². The Kier molecular flexibility index (Phi) is 19.5. The smallest absolute Gasteiger partial charge is 0.154 e. The van der Waals surface area contributed by atoms with E-state index in [-0.39, 0.29) is 12.9 Å². The molecule has 0 rings (SSSR count). The number of allylic oxidation sites excluding steroid dienone is 2. The van der Waals surface area contributed by atoms with E-state index in [0.29, 0.717) is 0 Å². The van der Waals surface area contributed by atoms with Gasteiger partial charge in [0.15, 0.2) is 6.29 Å². The minimum absolute atomic E-state index is 0.0370. The van der Waals surface area contributed by atoms with Gasteiger partial charge in [0.25, 0.3) is 0 Å². The SMILES string of the molecule is C=CCCC/C=C/CO.CCOC(C)OCC.